The van der Waals surface area contributed by atoms with Gasteiger partial charge in [-0.3, -0.25) is 19.2 Å². The summed E-state index contributed by atoms with van der Waals surface area (Å²) in [6.07, 6.45) is 6.38. The van der Waals surface area contributed by atoms with Gasteiger partial charge < -0.3 is 29.7 Å². The van der Waals surface area contributed by atoms with E-state index in [1.54, 1.807) is 22.0 Å². The molecule has 10 heteroatoms. The summed E-state index contributed by atoms with van der Waals surface area (Å²) in [5, 5.41) is 12.4. The van der Waals surface area contributed by atoms with Crippen molar-refractivity contribution in [2.75, 3.05) is 26.3 Å². The maximum absolute atomic E-state index is 14.6. The summed E-state index contributed by atoms with van der Waals surface area (Å²) in [7, 11) is 0. The number of ether oxygens (including phenoxy) is 2. The van der Waals surface area contributed by atoms with Gasteiger partial charge in [-0.1, -0.05) is 72.8 Å². The largest absolute Gasteiger partial charge is 0.463 e. The Hall–Kier alpha value is -4.28. The van der Waals surface area contributed by atoms with Crippen LogP contribution in [0.3, 0.4) is 0 Å². The third-order valence-corrected chi connectivity index (χ3v) is 9.75. The van der Waals surface area contributed by atoms with Crippen LogP contribution in [0.2, 0.25) is 0 Å². The number of nitrogens with zero attached hydrogens (tertiary/aromatic N) is 2. The molecule has 3 saturated heterocycles. The highest BCUT2D eigenvalue weighted by Gasteiger charge is 2.74. The number of rotatable bonds is 18. The predicted octanol–water partition coefficient (Wildman–Crippen LogP) is 4.11. The van der Waals surface area contributed by atoms with Crippen LogP contribution in [0.15, 0.2) is 86.0 Å². The highest BCUT2D eigenvalue weighted by molar-refractivity contribution is 5.99. The summed E-state index contributed by atoms with van der Waals surface area (Å²) in [4.78, 5) is 58.9. The zero-order chi connectivity index (χ0) is 34.1. The molecule has 256 valence electrons. The third kappa shape index (κ3) is 7.39. The molecular weight excluding hydrogens is 610 g/mol. The van der Waals surface area contributed by atoms with Crippen molar-refractivity contribution in [1.82, 2.24) is 15.1 Å². The van der Waals surface area contributed by atoms with Crippen molar-refractivity contribution < 1.29 is 33.8 Å². The number of aliphatic hydroxyl groups excluding tert-OH is 1. The number of hydrogen-bond donors (Lipinski definition) is 2. The topological polar surface area (TPSA) is 125 Å². The highest BCUT2D eigenvalue weighted by atomic mass is 16.5. The van der Waals surface area contributed by atoms with Crippen molar-refractivity contribution in [2.45, 2.75) is 75.3 Å². The van der Waals surface area contributed by atoms with Crippen LogP contribution in [0.1, 0.15) is 62.1 Å². The van der Waals surface area contributed by atoms with Crippen LogP contribution >= 0.6 is 0 Å². The number of nitrogens with one attached hydrogen (secondary N) is 1. The van der Waals surface area contributed by atoms with Crippen LogP contribution in [0.5, 0.6) is 0 Å². The Bertz CT molecular complexity index is 1450. The van der Waals surface area contributed by atoms with Crippen LogP contribution in [0.25, 0.3) is 0 Å². The van der Waals surface area contributed by atoms with Gasteiger partial charge in [0.2, 0.25) is 17.7 Å². The van der Waals surface area contributed by atoms with Crippen LogP contribution in [0.4, 0.5) is 0 Å². The molecule has 3 amide bonds. The molecule has 0 saturated carbocycles. The summed E-state index contributed by atoms with van der Waals surface area (Å²) in [6.45, 7) is 8.45. The smallest absolute Gasteiger partial charge is 0.306 e. The SMILES string of the molecule is C=CCCC(=O)OC[C@@H](NC(=O)[C@@H]1[C@@H]2CC[C@]3(O2)[C@H](C(=O)N(CC=C)Cc2ccccc2)N(CCCCCO)C(=O)[C@@H]13)c1ccccc1. The minimum absolute atomic E-state index is 0.0479. The normalized spacial score (nSPS) is 24.5. The van der Waals surface area contributed by atoms with Gasteiger partial charge in [-0.25, -0.2) is 0 Å². The minimum Gasteiger partial charge on any atom is -0.463 e. The average molecular weight is 658 g/mol. The molecule has 2 bridgehead atoms. The second-order valence-electron chi connectivity index (χ2n) is 12.8. The van der Waals surface area contributed by atoms with E-state index in [1.807, 2.05) is 60.7 Å². The Balaban J connectivity index is 1.42. The van der Waals surface area contributed by atoms with E-state index >= 15 is 0 Å². The zero-order valence-corrected chi connectivity index (χ0v) is 27.5. The first kappa shape index (κ1) is 35.0. The van der Waals surface area contributed by atoms with Crippen molar-refractivity contribution in [1.29, 1.82) is 0 Å². The molecule has 2 aromatic rings. The first-order valence-electron chi connectivity index (χ1n) is 17.0. The second kappa shape index (κ2) is 16.2. The van der Waals surface area contributed by atoms with E-state index in [1.165, 1.54) is 0 Å². The molecule has 2 aromatic carbocycles. The average Bonchev–Trinajstić information content (AvgIpc) is 3.75. The number of carbonyl (C=O) groups excluding carboxylic acids is 4. The number of unbranched alkanes of at least 4 members (excludes halogenated alkanes) is 2. The lowest BCUT2D eigenvalue weighted by Crippen LogP contribution is -2.56. The first-order chi connectivity index (χ1) is 23.3. The van der Waals surface area contributed by atoms with Gasteiger partial charge in [0.05, 0.1) is 24.0 Å². The molecule has 10 nitrogen and oxygen atoms in total. The number of allylic oxidation sites excluding steroid dienone is 1. The van der Waals surface area contributed by atoms with Crippen molar-refractivity contribution in [3.05, 3.63) is 97.1 Å². The van der Waals surface area contributed by atoms with Crippen molar-refractivity contribution in [3.8, 4) is 0 Å². The summed E-state index contributed by atoms with van der Waals surface area (Å²) in [6, 6.07) is 17.4. The fraction of sp³-hybridized carbons (Fsp3) is 0.474. The van der Waals surface area contributed by atoms with E-state index in [0.717, 1.165) is 11.1 Å². The van der Waals surface area contributed by atoms with Crippen molar-refractivity contribution in [3.63, 3.8) is 0 Å². The molecule has 2 N–H and O–H groups in total. The number of hydrogen-bond acceptors (Lipinski definition) is 7. The van der Waals surface area contributed by atoms with Gasteiger partial charge in [-0.15, -0.1) is 13.2 Å². The highest BCUT2D eigenvalue weighted by Crippen LogP contribution is 2.58. The van der Waals surface area contributed by atoms with Gasteiger partial charge in [-0.05, 0) is 49.7 Å². The number of amides is 3. The van der Waals surface area contributed by atoms with Gasteiger partial charge in [0.25, 0.3) is 0 Å². The molecule has 5 rings (SSSR count). The van der Waals surface area contributed by atoms with Gasteiger partial charge in [0.15, 0.2) is 0 Å². The molecule has 3 aliphatic rings. The third-order valence-electron chi connectivity index (χ3n) is 9.75. The van der Waals surface area contributed by atoms with Gasteiger partial charge in [-0.2, -0.15) is 0 Å². The fourth-order valence-electron chi connectivity index (χ4n) is 7.55. The Labute approximate surface area is 282 Å². The summed E-state index contributed by atoms with van der Waals surface area (Å²) < 4.78 is 12.2. The maximum Gasteiger partial charge on any atom is 0.306 e. The Morgan fingerprint density at radius 1 is 1.06 bits per heavy atom. The Morgan fingerprint density at radius 2 is 1.79 bits per heavy atom. The van der Waals surface area contributed by atoms with Crippen LogP contribution in [0, 0.1) is 11.8 Å². The number of benzene rings is 2. The summed E-state index contributed by atoms with van der Waals surface area (Å²) >= 11 is 0. The molecule has 1 spiro atoms. The number of aliphatic hydroxyl groups is 1. The molecule has 3 aliphatic heterocycles. The molecule has 3 fully saturated rings. The molecule has 0 aliphatic carbocycles. The van der Waals surface area contributed by atoms with Crippen molar-refractivity contribution >= 4 is 23.7 Å². The molecular formula is C38H47N3O7. The number of fused-ring (bicyclic) bond motifs is 1. The van der Waals surface area contributed by atoms with Crippen LogP contribution in [-0.2, 0) is 35.2 Å². The lowest BCUT2D eigenvalue weighted by molar-refractivity contribution is -0.148. The first-order valence-corrected chi connectivity index (χ1v) is 17.0. The summed E-state index contributed by atoms with van der Waals surface area (Å²) in [5.41, 5.74) is 0.568. The standard InChI is InChI=1S/C38H47N3O7/c1-3-5-19-31(43)47-26-29(28-17-11-7-12-18-28)39-35(44)32-30-20-21-38(48-30)33(32)36(45)41(23-13-8-14-24-42)34(38)37(46)40(22-4-2)25-27-15-9-6-10-16-27/h3-4,6-7,9-12,15-18,29-30,32-34,42H,1-2,5,8,13-14,19-26H2,(H,39,44)/t29-,30+,32-,33-,34+,38-/m1/s1. The second-order valence-corrected chi connectivity index (χ2v) is 12.8. The van der Waals surface area contributed by atoms with E-state index in [4.69, 9.17) is 9.47 Å². The van der Waals surface area contributed by atoms with Gasteiger partial charge in [0.1, 0.15) is 18.2 Å². The maximum atomic E-state index is 14.6. The number of carbonyl (C=O) groups is 4. The lowest BCUT2D eigenvalue weighted by Gasteiger charge is -2.37. The lowest BCUT2D eigenvalue weighted by atomic mass is 9.70. The molecule has 48 heavy (non-hydrogen) atoms. The molecule has 0 aromatic heterocycles. The summed E-state index contributed by atoms with van der Waals surface area (Å²) in [5.74, 6) is -2.89. The number of esters is 1. The Kier molecular flexibility index (Phi) is 11.8. The van der Waals surface area contributed by atoms with E-state index < -0.39 is 41.6 Å². The monoisotopic (exact) mass is 657 g/mol. The molecule has 3 heterocycles. The van der Waals surface area contributed by atoms with Crippen molar-refractivity contribution in [2.24, 2.45) is 11.8 Å². The predicted molar refractivity (Wildman–Crippen MR) is 180 cm³/mol. The van der Waals surface area contributed by atoms with Crippen LogP contribution in [-0.4, -0.2) is 82.6 Å². The van der Waals surface area contributed by atoms with Gasteiger partial charge >= 0.3 is 5.97 Å². The van der Waals surface area contributed by atoms with E-state index in [9.17, 15) is 24.3 Å². The number of likely N-dealkylation sites (tertiary alicyclic amines) is 1. The molecule has 6 atom stereocenters. The molecule has 0 unspecified atom stereocenters. The van der Waals surface area contributed by atoms with E-state index in [0.29, 0.717) is 51.6 Å². The van der Waals surface area contributed by atoms with E-state index in [2.05, 4.69) is 18.5 Å². The van der Waals surface area contributed by atoms with Gasteiger partial charge in [0, 0.05) is 32.7 Å². The zero-order valence-electron chi connectivity index (χ0n) is 27.5. The van der Waals surface area contributed by atoms with E-state index in [-0.39, 0.29) is 43.9 Å². The minimum atomic E-state index is -1.15. The fourth-order valence-corrected chi connectivity index (χ4v) is 7.55. The quantitative estimate of drug-likeness (QED) is 0.141. The Morgan fingerprint density at radius 3 is 2.48 bits per heavy atom. The molecule has 0 radical (unpaired) electrons. The van der Waals surface area contributed by atoms with Crippen LogP contribution < -0.4 is 5.32 Å².